The largest absolute Gasteiger partial charge is 0.342 e. The van der Waals surface area contributed by atoms with Gasteiger partial charge in [-0.05, 0) is 0 Å². The van der Waals surface area contributed by atoms with Gasteiger partial charge in [-0.15, -0.1) is 0 Å². The molecule has 0 atom stereocenters. The van der Waals surface area contributed by atoms with Crippen LogP contribution < -0.4 is 0 Å². The van der Waals surface area contributed by atoms with Gasteiger partial charge in [0.15, 0.2) is 0 Å². The van der Waals surface area contributed by atoms with Gasteiger partial charge in [0.2, 0.25) is 0 Å². The first-order valence-electron chi connectivity index (χ1n) is 0.642. The Morgan fingerprint density at radius 3 is 1.75 bits per heavy atom. The standard InChI is InChI=1S/C3H3.Mo/c1-3-2;/h1H,2H2;/q-1;. The van der Waals surface area contributed by atoms with Gasteiger partial charge in [-0.2, -0.15) is 0 Å². The third kappa shape index (κ3) is 74.3. The van der Waals surface area contributed by atoms with E-state index in [9.17, 15) is 0 Å². The summed E-state index contributed by atoms with van der Waals surface area (Å²) in [6.07, 6.45) is 0. The second kappa shape index (κ2) is 10.7. The van der Waals surface area contributed by atoms with Crippen molar-refractivity contribution in [3.63, 3.8) is 0 Å². The van der Waals surface area contributed by atoms with Gasteiger partial charge in [-0.1, -0.05) is 0 Å². The number of hydrogen-bond donors (Lipinski definition) is 0. The van der Waals surface area contributed by atoms with E-state index in [4.69, 9.17) is 0 Å². The summed E-state index contributed by atoms with van der Waals surface area (Å²) in [6, 6.07) is 0. The maximum absolute atomic E-state index is 4.49. The van der Waals surface area contributed by atoms with E-state index in [1.807, 2.05) is 5.73 Å². The third-order valence-electron chi connectivity index (χ3n) is 0. The van der Waals surface area contributed by atoms with Gasteiger partial charge < -0.3 is 5.73 Å². The van der Waals surface area contributed by atoms with Crippen molar-refractivity contribution in [1.82, 2.24) is 0 Å². The Morgan fingerprint density at radius 2 is 1.75 bits per heavy atom. The fourth-order valence-electron chi connectivity index (χ4n) is 0. The Bertz CT molecular complexity index is 24.3. The average Bonchev–Trinajstić information content (AvgIpc) is 0.918. The van der Waals surface area contributed by atoms with Gasteiger partial charge >= 0.3 is 0 Å². The summed E-state index contributed by atoms with van der Waals surface area (Å²) in [5.74, 6) is 0. The summed E-state index contributed by atoms with van der Waals surface area (Å²) in [6.45, 7) is 7.50. The minimum absolute atomic E-state index is 0. The molecule has 0 rings (SSSR count). The van der Waals surface area contributed by atoms with Crippen molar-refractivity contribution in [3.8, 4) is 0 Å². The molecular weight excluding hydrogens is 132 g/mol. The monoisotopic (exact) mass is 137 g/mol. The van der Waals surface area contributed by atoms with Crippen molar-refractivity contribution in [2.24, 2.45) is 0 Å². The summed E-state index contributed by atoms with van der Waals surface area (Å²) in [4.78, 5) is 0. The predicted octanol–water partition coefficient (Wildman–Crippen LogP) is 0.758. The fourth-order valence-corrected chi connectivity index (χ4v) is 0. The van der Waals surface area contributed by atoms with Crippen molar-refractivity contribution in [2.45, 2.75) is 0 Å². The van der Waals surface area contributed by atoms with Gasteiger partial charge in [0.1, 0.15) is 0 Å². The molecule has 0 aromatic carbocycles. The van der Waals surface area contributed by atoms with E-state index >= 15 is 0 Å². The molecule has 0 nitrogen and oxygen atoms in total. The molecule has 0 heterocycles. The van der Waals surface area contributed by atoms with Crippen LogP contribution in [0.3, 0.4) is 0 Å². The first-order chi connectivity index (χ1) is 1.41. The molecule has 0 N–H and O–H groups in total. The Balaban J connectivity index is 0. The van der Waals surface area contributed by atoms with E-state index in [-0.39, 0.29) is 21.1 Å². The SMILES string of the molecule is [CH-]=C=C.[Mo]. The zero-order chi connectivity index (χ0) is 2.71. The molecule has 1 heteroatoms. The molecule has 0 unspecified atom stereocenters. The topological polar surface area (TPSA) is 0 Å². The van der Waals surface area contributed by atoms with E-state index in [1.54, 1.807) is 0 Å². The van der Waals surface area contributed by atoms with E-state index < -0.39 is 0 Å². The minimum atomic E-state index is 0. The van der Waals surface area contributed by atoms with Crippen LogP contribution in [0.15, 0.2) is 12.3 Å². The minimum Gasteiger partial charge on any atom is -0.342 e. The van der Waals surface area contributed by atoms with E-state index in [0.29, 0.717) is 0 Å². The van der Waals surface area contributed by atoms with Crippen molar-refractivity contribution < 1.29 is 21.1 Å². The van der Waals surface area contributed by atoms with E-state index in [1.165, 1.54) is 0 Å². The smallest absolute Gasteiger partial charge is 0 e. The average molecular weight is 135 g/mol. The zero-order valence-corrected chi connectivity index (χ0v) is 4.20. The Labute approximate surface area is 40.5 Å². The van der Waals surface area contributed by atoms with Gasteiger partial charge in [0.05, 0.1) is 0 Å². The molecule has 4 heavy (non-hydrogen) atoms. The Morgan fingerprint density at radius 1 is 1.75 bits per heavy atom. The zero-order valence-electron chi connectivity index (χ0n) is 2.19. The molecule has 22 valence electrons. The van der Waals surface area contributed by atoms with Crippen molar-refractivity contribution in [3.05, 3.63) is 18.9 Å². The van der Waals surface area contributed by atoms with Crippen LogP contribution in [0.4, 0.5) is 0 Å². The molecule has 0 saturated heterocycles. The number of rotatable bonds is 0. The summed E-state index contributed by atoms with van der Waals surface area (Å²) >= 11 is 0. The second-order valence-corrected chi connectivity index (χ2v) is 0.204. The van der Waals surface area contributed by atoms with Gasteiger partial charge in [0.25, 0.3) is 0 Å². The Kier molecular flexibility index (Phi) is 23.8. The van der Waals surface area contributed by atoms with Crippen molar-refractivity contribution >= 4 is 0 Å². The molecule has 0 amide bonds. The first-order valence-corrected chi connectivity index (χ1v) is 0.642. The van der Waals surface area contributed by atoms with Crippen molar-refractivity contribution in [1.29, 1.82) is 0 Å². The Hall–Kier alpha value is 0.208. The van der Waals surface area contributed by atoms with Crippen LogP contribution in [-0.4, -0.2) is 0 Å². The van der Waals surface area contributed by atoms with Gasteiger partial charge in [-0.25, -0.2) is 13.2 Å². The molecule has 0 saturated carbocycles. The van der Waals surface area contributed by atoms with Gasteiger partial charge in [-0.3, -0.25) is 0 Å². The molecular formula is C3H3Mo-. The predicted molar refractivity (Wildman–Crippen MR) is 13.4 cm³/mol. The summed E-state index contributed by atoms with van der Waals surface area (Å²) in [7, 11) is 0. The second-order valence-electron chi connectivity index (χ2n) is 0.204. The van der Waals surface area contributed by atoms with Crippen LogP contribution in [0.2, 0.25) is 0 Å². The summed E-state index contributed by atoms with van der Waals surface area (Å²) in [5.41, 5.74) is 2.00. The van der Waals surface area contributed by atoms with Crippen LogP contribution >= 0.6 is 0 Å². The molecule has 0 spiro atoms. The van der Waals surface area contributed by atoms with Crippen LogP contribution in [-0.2, 0) is 21.1 Å². The first kappa shape index (κ1) is 8.88. The summed E-state index contributed by atoms with van der Waals surface area (Å²) < 4.78 is 0. The maximum atomic E-state index is 4.49. The van der Waals surface area contributed by atoms with E-state index in [2.05, 4.69) is 13.2 Å². The molecule has 0 aromatic rings. The van der Waals surface area contributed by atoms with E-state index in [0.717, 1.165) is 0 Å². The van der Waals surface area contributed by atoms with Crippen LogP contribution in [0.1, 0.15) is 0 Å². The van der Waals surface area contributed by atoms with Crippen LogP contribution in [0.25, 0.3) is 0 Å². The fraction of sp³-hybridized carbons (Fsp3) is 0. The normalized spacial score (nSPS) is 2.00. The molecule has 0 fully saturated rings. The molecule has 0 aliphatic heterocycles. The summed E-state index contributed by atoms with van der Waals surface area (Å²) in [5, 5.41) is 0. The molecule has 0 radical (unpaired) electrons. The number of hydrogen-bond acceptors (Lipinski definition) is 0. The molecule has 0 aliphatic rings. The quantitative estimate of drug-likeness (QED) is 0.261. The maximum Gasteiger partial charge on any atom is 0 e. The molecule has 0 bridgehead atoms. The molecule has 0 aliphatic carbocycles. The third-order valence-corrected chi connectivity index (χ3v) is 0. The molecule has 0 aromatic heterocycles. The van der Waals surface area contributed by atoms with Crippen LogP contribution in [0, 0.1) is 6.58 Å². The van der Waals surface area contributed by atoms with Gasteiger partial charge in [0, 0.05) is 21.1 Å². The van der Waals surface area contributed by atoms with Crippen molar-refractivity contribution in [2.75, 3.05) is 0 Å². The van der Waals surface area contributed by atoms with Crippen LogP contribution in [0.5, 0.6) is 0 Å².